The van der Waals surface area contributed by atoms with Gasteiger partial charge in [0.25, 0.3) is 0 Å². The average Bonchev–Trinajstić information content (AvgIpc) is 3.16. The van der Waals surface area contributed by atoms with Crippen LogP contribution in [0.3, 0.4) is 0 Å². The zero-order chi connectivity index (χ0) is 13.8. The van der Waals surface area contributed by atoms with E-state index in [0.717, 1.165) is 0 Å². The number of nitrogens with one attached hydrogen (secondary N) is 1. The molecule has 0 radical (unpaired) electrons. The second-order valence-corrected chi connectivity index (χ2v) is 3.94. The molecule has 3 heterocycles. The topological polar surface area (TPSA) is 93.9 Å². The van der Waals surface area contributed by atoms with E-state index in [1.54, 1.807) is 36.5 Å². The predicted octanol–water partition coefficient (Wildman–Crippen LogP) is 1.82. The molecule has 20 heavy (non-hydrogen) atoms. The third-order valence-electron chi connectivity index (χ3n) is 2.55. The number of nitrogens with zero attached hydrogens (tertiary/aromatic N) is 3. The first kappa shape index (κ1) is 12.1. The van der Waals surface area contributed by atoms with E-state index in [1.807, 2.05) is 0 Å². The monoisotopic (exact) mass is 270 g/mol. The van der Waals surface area contributed by atoms with E-state index >= 15 is 0 Å². The highest BCUT2D eigenvalue weighted by molar-refractivity contribution is 5.88. The average molecular weight is 270 g/mol. The van der Waals surface area contributed by atoms with Gasteiger partial charge in [0.15, 0.2) is 5.76 Å². The first-order chi connectivity index (χ1) is 9.83. The number of hydrogen-bond acceptors (Lipinski definition) is 6. The lowest BCUT2D eigenvalue weighted by molar-refractivity contribution is 0.0459. The smallest absolute Gasteiger partial charge is 0.356 e. The third-order valence-corrected chi connectivity index (χ3v) is 2.55. The number of carbonyl (C=O) groups excluding carboxylic acids is 1. The van der Waals surface area contributed by atoms with Gasteiger partial charge in [-0.3, -0.25) is 5.10 Å². The number of furan rings is 1. The third kappa shape index (κ3) is 2.56. The molecule has 0 fully saturated rings. The lowest BCUT2D eigenvalue weighted by Gasteiger charge is -2.01. The number of rotatable bonds is 4. The van der Waals surface area contributed by atoms with Gasteiger partial charge in [-0.1, -0.05) is 0 Å². The highest BCUT2D eigenvalue weighted by Gasteiger charge is 2.13. The molecule has 7 heteroatoms. The van der Waals surface area contributed by atoms with Gasteiger partial charge in [-0.05, 0) is 24.3 Å². The fourth-order valence-corrected chi connectivity index (χ4v) is 1.60. The lowest BCUT2D eigenvalue weighted by atomic mass is 10.3. The maximum absolute atomic E-state index is 11.8. The minimum absolute atomic E-state index is 0.0573. The van der Waals surface area contributed by atoms with Gasteiger partial charge < -0.3 is 9.15 Å². The van der Waals surface area contributed by atoms with Crippen LogP contribution < -0.4 is 0 Å². The number of aromatic amines is 1. The Balaban J connectivity index is 1.66. The molecular weight excluding hydrogens is 260 g/mol. The van der Waals surface area contributed by atoms with Crippen molar-refractivity contribution in [3.05, 3.63) is 54.2 Å². The summed E-state index contributed by atoms with van der Waals surface area (Å²) < 4.78 is 10.3. The van der Waals surface area contributed by atoms with E-state index in [1.165, 1.54) is 6.26 Å². The number of esters is 1. The molecule has 100 valence electrons. The molecule has 0 aliphatic heterocycles. The Morgan fingerprint density at radius 3 is 3.05 bits per heavy atom. The fraction of sp³-hybridized carbons (Fsp3) is 0.0769. The predicted molar refractivity (Wildman–Crippen MR) is 67.4 cm³/mol. The van der Waals surface area contributed by atoms with Crippen LogP contribution in [0.25, 0.3) is 11.5 Å². The van der Waals surface area contributed by atoms with Crippen molar-refractivity contribution in [2.45, 2.75) is 6.61 Å². The van der Waals surface area contributed by atoms with Gasteiger partial charge in [0.1, 0.15) is 23.7 Å². The van der Waals surface area contributed by atoms with E-state index in [4.69, 9.17) is 9.15 Å². The van der Waals surface area contributed by atoms with Crippen LogP contribution in [0, 0.1) is 0 Å². The SMILES string of the molecule is O=C(OCc1cccnn1)c1cc(-c2ccco2)n[nH]1. The maximum atomic E-state index is 11.8. The number of H-pyrrole nitrogens is 1. The molecule has 0 amide bonds. The second-order valence-electron chi connectivity index (χ2n) is 3.94. The summed E-state index contributed by atoms with van der Waals surface area (Å²) in [5.74, 6) is 0.0650. The summed E-state index contributed by atoms with van der Waals surface area (Å²) in [4.78, 5) is 11.8. The van der Waals surface area contributed by atoms with Gasteiger partial charge >= 0.3 is 5.97 Å². The summed E-state index contributed by atoms with van der Waals surface area (Å²) in [7, 11) is 0. The Labute approximate surface area is 113 Å². The van der Waals surface area contributed by atoms with Gasteiger partial charge in [0.2, 0.25) is 0 Å². The minimum Gasteiger partial charge on any atom is -0.463 e. The van der Waals surface area contributed by atoms with Gasteiger partial charge in [0.05, 0.1) is 6.26 Å². The van der Waals surface area contributed by atoms with E-state index in [0.29, 0.717) is 17.1 Å². The number of ether oxygens (including phenoxy) is 1. The van der Waals surface area contributed by atoms with Crippen molar-refractivity contribution >= 4 is 5.97 Å². The molecule has 3 aromatic heterocycles. The molecule has 0 spiro atoms. The molecule has 0 atom stereocenters. The highest BCUT2D eigenvalue weighted by atomic mass is 16.5. The van der Waals surface area contributed by atoms with Crippen molar-refractivity contribution in [1.29, 1.82) is 0 Å². The molecule has 0 aromatic carbocycles. The van der Waals surface area contributed by atoms with E-state index in [9.17, 15) is 4.79 Å². The Bertz CT molecular complexity index is 692. The molecule has 7 nitrogen and oxygen atoms in total. The number of aromatic nitrogens is 4. The standard InChI is InChI=1S/C13H10N4O3/c18-13(20-8-9-3-1-5-14-15-9)11-7-10(16-17-11)12-4-2-6-19-12/h1-7H,8H2,(H,16,17). The lowest BCUT2D eigenvalue weighted by Crippen LogP contribution is -2.06. The normalized spacial score (nSPS) is 10.4. The van der Waals surface area contributed by atoms with Crippen molar-refractivity contribution in [3.63, 3.8) is 0 Å². The second kappa shape index (κ2) is 5.35. The van der Waals surface area contributed by atoms with Crippen LogP contribution in [-0.4, -0.2) is 26.4 Å². The van der Waals surface area contributed by atoms with Crippen LogP contribution >= 0.6 is 0 Å². The summed E-state index contributed by atoms with van der Waals surface area (Å²) in [6, 6.07) is 8.52. The van der Waals surface area contributed by atoms with Gasteiger partial charge in [-0.2, -0.15) is 15.3 Å². The van der Waals surface area contributed by atoms with E-state index in [-0.39, 0.29) is 12.3 Å². The molecule has 0 unspecified atom stereocenters. The first-order valence-electron chi connectivity index (χ1n) is 5.86. The van der Waals surface area contributed by atoms with Crippen LogP contribution in [0.2, 0.25) is 0 Å². The van der Waals surface area contributed by atoms with Crippen LogP contribution in [0.5, 0.6) is 0 Å². The van der Waals surface area contributed by atoms with Gasteiger partial charge in [-0.25, -0.2) is 4.79 Å². The van der Waals surface area contributed by atoms with Crippen molar-refractivity contribution < 1.29 is 13.9 Å². The Kier molecular flexibility index (Phi) is 3.24. The molecule has 0 aliphatic carbocycles. The van der Waals surface area contributed by atoms with Gasteiger partial charge in [-0.15, -0.1) is 0 Å². The molecule has 0 saturated carbocycles. The Hall–Kier alpha value is -2.96. The number of hydrogen-bond donors (Lipinski definition) is 1. The summed E-state index contributed by atoms with van der Waals surface area (Å²) >= 11 is 0. The molecular formula is C13H10N4O3. The molecule has 0 bridgehead atoms. The van der Waals surface area contributed by atoms with Crippen LogP contribution in [0.15, 0.2) is 47.2 Å². The molecule has 0 saturated heterocycles. The van der Waals surface area contributed by atoms with E-state index < -0.39 is 5.97 Å². The van der Waals surface area contributed by atoms with Crippen molar-refractivity contribution in [1.82, 2.24) is 20.4 Å². The van der Waals surface area contributed by atoms with Crippen molar-refractivity contribution in [2.24, 2.45) is 0 Å². The molecule has 1 N–H and O–H groups in total. The number of carbonyl (C=O) groups is 1. The fourth-order valence-electron chi connectivity index (χ4n) is 1.60. The van der Waals surface area contributed by atoms with Gasteiger partial charge in [0, 0.05) is 12.3 Å². The van der Waals surface area contributed by atoms with Crippen LogP contribution in [-0.2, 0) is 11.3 Å². The van der Waals surface area contributed by atoms with Crippen molar-refractivity contribution in [3.8, 4) is 11.5 Å². The molecule has 3 aromatic rings. The summed E-state index contributed by atoms with van der Waals surface area (Å²) in [6.07, 6.45) is 3.09. The Morgan fingerprint density at radius 2 is 2.30 bits per heavy atom. The summed E-state index contributed by atoms with van der Waals surface area (Å²) in [5, 5.41) is 14.1. The quantitative estimate of drug-likeness (QED) is 0.727. The highest BCUT2D eigenvalue weighted by Crippen LogP contribution is 2.18. The van der Waals surface area contributed by atoms with Crippen LogP contribution in [0.4, 0.5) is 0 Å². The first-order valence-corrected chi connectivity index (χ1v) is 5.86. The largest absolute Gasteiger partial charge is 0.463 e. The zero-order valence-electron chi connectivity index (χ0n) is 10.3. The molecule has 0 aliphatic rings. The summed E-state index contributed by atoms with van der Waals surface area (Å²) in [6.45, 7) is 0.0573. The molecule has 3 rings (SSSR count). The Morgan fingerprint density at radius 1 is 1.35 bits per heavy atom. The zero-order valence-corrected chi connectivity index (χ0v) is 10.3. The minimum atomic E-state index is -0.513. The van der Waals surface area contributed by atoms with Crippen LogP contribution in [0.1, 0.15) is 16.2 Å². The maximum Gasteiger partial charge on any atom is 0.356 e. The van der Waals surface area contributed by atoms with E-state index in [2.05, 4.69) is 20.4 Å². The summed E-state index contributed by atoms with van der Waals surface area (Å²) in [5.41, 5.74) is 1.37. The van der Waals surface area contributed by atoms with Crippen molar-refractivity contribution in [2.75, 3.05) is 0 Å².